The lowest BCUT2D eigenvalue weighted by Gasteiger charge is -2.37. The van der Waals surface area contributed by atoms with Crippen LogP contribution in [0.3, 0.4) is 0 Å². The molecule has 0 spiro atoms. The van der Waals surface area contributed by atoms with Gasteiger partial charge in [0.15, 0.2) is 5.84 Å². The van der Waals surface area contributed by atoms with Gasteiger partial charge in [0.2, 0.25) is 0 Å². The monoisotopic (exact) mass is 468 g/mol. The van der Waals surface area contributed by atoms with Gasteiger partial charge in [0, 0.05) is 12.0 Å². The first-order chi connectivity index (χ1) is 15.0. The van der Waals surface area contributed by atoms with Crippen LogP contribution in [0, 0.1) is 17.0 Å². The van der Waals surface area contributed by atoms with E-state index in [-0.39, 0.29) is 10.6 Å². The molecule has 0 aromatic heterocycles. The van der Waals surface area contributed by atoms with Gasteiger partial charge in [0.1, 0.15) is 27.7 Å². The highest BCUT2D eigenvalue weighted by Crippen LogP contribution is 2.51. The highest BCUT2D eigenvalue weighted by molar-refractivity contribution is 8.15. The molecule has 32 heavy (non-hydrogen) atoms. The van der Waals surface area contributed by atoms with Crippen molar-refractivity contribution in [3.63, 3.8) is 0 Å². The number of alkyl halides is 2. The van der Waals surface area contributed by atoms with Crippen LogP contribution in [0.2, 0.25) is 0 Å². The summed E-state index contributed by atoms with van der Waals surface area (Å²) in [6.07, 6.45) is -2.92. The zero-order valence-corrected chi connectivity index (χ0v) is 17.7. The summed E-state index contributed by atoms with van der Waals surface area (Å²) in [5.74, 6) is -7.50. The first-order valence-corrected chi connectivity index (χ1v) is 10.3. The smallest absolute Gasteiger partial charge is 0.303 e. The van der Waals surface area contributed by atoms with Crippen LogP contribution in [0.15, 0.2) is 53.6 Å². The minimum atomic E-state index is -3.67. The maximum atomic E-state index is 14.5. The molecule has 3 rings (SSSR count). The fraction of sp³-hybridized carbons (Fsp3) is 0.286. The van der Waals surface area contributed by atoms with Crippen molar-refractivity contribution in [2.75, 3.05) is 0 Å². The normalized spacial score (nSPS) is 19.6. The zero-order chi connectivity index (χ0) is 23.7. The van der Waals surface area contributed by atoms with Crippen LogP contribution in [-0.4, -0.2) is 38.9 Å². The van der Waals surface area contributed by atoms with E-state index in [1.165, 1.54) is 6.92 Å². The molecule has 170 valence electrons. The quantitative estimate of drug-likeness (QED) is 0.327. The molecular weight excluding hydrogens is 448 g/mol. The van der Waals surface area contributed by atoms with Crippen molar-refractivity contribution in [3.05, 3.63) is 71.3 Å². The number of rotatable bonds is 7. The first-order valence-electron chi connectivity index (χ1n) is 9.51. The Morgan fingerprint density at radius 1 is 1.28 bits per heavy atom. The Morgan fingerprint density at radius 3 is 2.53 bits per heavy atom. The van der Waals surface area contributed by atoms with Crippen molar-refractivity contribution in [2.45, 2.75) is 36.7 Å². The second-order valence-corrected chi connectivity index (χ2v) is 8.49. The van der Waals surface area contributed by atoms with Crippen molar-refractivity contribution in [1.29, 1.82) is 5.41 Å². The Balaban J connectivity index is 2.16. The van der Waals surface area contributed by atoms with E-state index in [1.807, 2.05) is 0 Å². The SMILES string of the molecule is CC(O)C(=O)N1N=C(c2cc(F)ccc2F)SC1(CCC(F)(F)C(=N)N)c1ccccc1. The third kappa shape index (κ3) is 4.49. The summed E-state index contributed by atoms with van der Waals surface area (Å²) in [4.78, 5) is 11.2. The highest BCUT2D eigenvalue weighted by Gasteiger charge is 2.51. The van der Waals surface area contributed by atoms with Crippen LogP contribution < -0.4 is 5.73 Å². The van der Waals surface area contributed by atoms with Crippen LogP contribution in [-0.2, 0) is 9.67 Å². The van der Waals surface area contributed by atoms with Gasteiger partial charge in [-0.25, -0.2) is 13.8 Å². The molecule has 2 atom stereocenters. The van der Waals surface area contributed by atoms with Gasteiger partial charge in [-0.2, -0.15) is 13.9 Å². The predicted molar refractivity (Wildman–Crippen MR) is 113 cm³/mol. The number of amidine groups is 1. The Kier molecular flexibility index (Phi) is 6.61. The van der Waals surface area contributed by atoms with Crippen molar-refractivity contribution in [1.82, 2.24) is 5.01 Å². The Hall–Kier alpha value is -2.92. The van der Waals surface area contributed by atoms with Gasteiger partial charge in [-0.05, 0) is 37.1 Å². The number of hydrogen-bond acceptors (Lipinski definition) is 5. The second kappa shape index (κ2) is 8.91. The molecule has 1 aliphatic heterocycles. The molecule has 1 heterocycles. The summed E-state index contributed by atoms with van der Waals surface area (Å²) in [6.45, 7) is 1.18. The van der Waals surface area contributed by atoms with E-state index in [4.69, 9.17) is 11.1 Å². The number of hydrazone groups is 1. The van der Waals surface area contributed by atoms with Gasteiger partial charge < -0.3 is 10.8 Å². The van der Waals surface area contributed by atoms with Crippen LogP contribution in [0.4, 0.5) is 17.6 Å². The lowest BCUT2D eigenvalue weighted by Crippen LogP contribution is -2.46. The molecule has 0 saturated heterocycles. The van der Waals surface area contributed by atoms with E-state index >= 15 is 0 Å². The molecule has 0 saturated carbocycles. The minimum Gasteiger partial charge on any atom is -0.383 e. The first kappa shape index (κ1) is 23.7. The third-order valence-corrected chi connectivity index (χ3v) is 6.37. The zero-order valence-electron chi connectivity index (χ0n) is 16.9. The van der Waals surface area contributed by atoms with E-state index in [0.29, 0.717) is 5.56 Å². The van der Waals surface area contributed by atoms with E-state index in [9.17, 15) is 27.5 Å². The van der Waals surface area contributed by atoms with Crippen molar-refractivity contribution < 1.29 is 27.5 Å². The summed E-state index contributed by atoms with van der Waals surface area (Å²) in [5.41, 5.74) is 5.13. The lowest BCUT2D eigenvalue weighted by atomic mass is 9.97. The summed E-state index contributed by atoms with van der Waals surface area (Å²) in [6, 6.07) is 10.7. The van der Waals surface area contributed by atoms with E-state index in [2.05, 4.69) is 5.10 Å². The average molecular weight is 468 g/mol. The molecule has 1 amide bonds. The number of nitrogens with zero attached hydrogens (tertiary/aromatic N) is 2. The molecule has 4 N–H and O–H groups in total. The standard InChI is InChI=1S/C21H20F4N4O2S/c1-12(30)18(31)29-21(13-5-3-2-4-6-13,10-9-20(24,25)19(26)27)32-17(28-29)15-11-14(22)7-8-16(15)23/h2-8,11-12,30H,9-10H2,1H3,(H3,26,27). The lowest BCUT2D eigenvalue weighted by molar-refractivity contribution is -0.143. The molecule has 2 unspecified atom stereocenters. The van der Waals surface area contributed by atoms with Crippen LogP contribution >= 0.6 is 11.8 Å². The highest BCUT2D eigenvalue weighted by atomic mass is 32.2. The van der Waals surface area contributed by atoms with Crippen molar-refractivity contribution in [2.24, 2.45) is 10.8 Å². The molecule has 0 fully saturated rings. The number of thioether (sulfide) groups is 1. The fourth-order valence-electron chi connectivity index (χ4n) is 3.21. The molecule has 1 aliphatic rings. The number of amides is 1. The van der Waals surface area contributed by atoms with Gasteiger partial charge in [-0.15, -0.1) is 0 Å². The number of carbonyl (C=O) groups is 1. The number of halogens is 4. The number of nitrogens with one attached hydrogen (secondary N) is 1. The van der Waals surface area contributed by atoms with Crippen molar-refractivity contribution >= 4 is 28.5 Å². The maximum Gasteiger partial charge on any atom is 0.303 e. The van der Waals surface area contributed by atoms with Crippen LogP contribution in [0.25, 0.3) is 0 Å². The largest absolute Gasteiger partial charge is 0.383 e. The van der Waals surface area contributed by atoms with Crippen molar-refractivity contribution in [3.8, 4) is 0 Å². The van der Waals surface area contributed by atoms with Gasteiger partial charge in [-0.3, -0.25) is 10.2 Å². The number of hydrogen-bond donors (Lipinski definition) is 3. The van der Waals surface area contributed by atoms with E-state index in [1.54, 1.807) is 30.3 Å². The molecule has 2 aromatic carbocycles. The second-order valence-electron chi connectivity index (χ2n) is 7.23. The third-order valence-electron chi connectivity index (χ3n) is 4.92. The molecule has 0 aliphatic carbocycles. The number of aliphatic hydroxyl groups is 1. The summed E-state index contributed by atoms with van der Waals surface area (Å²) < 4.78 is 56.8. The molecular formula is C21H20F4N4O2S. The van der Waals surface area contributed by atoms with Gasteiger partial charge in [0.25, 0.3) is 5.91 Å². The fourth-order valence-corrected chi connectivity index (χ4v) is 4.60. The molecule has 6 nitrogen and oxygen atoms in total. The van der Waals surface area contributed by atoms with Gasteiger partial charge >= 0.3 is 5.92 Å². The number of nitrogens with two attached hydrogens (primary N) is 1. The van der Waals surface area contributed by atoms with E-state index < -0.39 is 53.1 Å². The summed E-state index contributed by atoms with van der Waals surface area (Å²) in [7, 11) is 0. The Labute approximate surface area is 185 Å². The molecule has 0 bridgehead atoms. The van der Waals surface area contributed by atoms with E-state index in [0.717, 1.165) is 35.0 Å². The van der Waals surface area contributed by atoms with Crippen LogP contribution in [0.5, 0.6) is 0 Å². The Morgan fingerprint density at radius 2 is 1.94 bits per heavy atom. The van der Waals surface area contributed by atoms with Gasteiger partial charge in [-0.1, -0.05) is 42.1 Å². The maximum absolute atomic E-state index is 14.5. The molecule has 0 radical (unpaired) electrons. The summed E-state index contributed by atoms with van der Waals surface area (Å²) in [5, 5.41) is 21.9. The minimum absolute atomic E-state index is 0.119. The van der Waals surface area contributed by atoms with Gasteiger partial charge in [0.05, 0.1) is 0 Å². The Bertz CT molecular complexity index is 1070. The number of benzene rings is 2. The van der Waals surface area contributed by atoms with Crippen LogP contribution in [0.1, 0.15) is 30.9 Å². The average Bonchev–Trinajstić information content (AvgIpc) is 3.14. The predicted octanol–water partition coefficient (Wildman–Crippen LogP) is 3.79. The number of aliphatic hydroxyl groups excluding tert-OH is 1. The topological polar surface area (TPSA) is 103 Å². The molecule has 11 heteroatoms. The number of carbonyl (C=O) groups excluding carboxylic acids is 1. The molecule has 2 aromatic rings. The summed E-state index contributed by atoms with van der Waals surface area (Å²) >= 11 is 0.786.